The lowest BCUT2D eigenvalue weighted by molar-refractivity contribution is -0.418. The predicted octanol–water partition coefficient (Wildman–Crippen LogP) is 5.60. The van der Waals surface area contributed by atoms with Crippen LogP contribution in [-0.4, -0.2) is 52.8 Å². The van der Waals surface area contributed by atoms with Crippen molar-refractivity contribution in [2.24, 2.45) is 0 Å². The molecule has 0 aliphatic heterocycles. The van der Waals surface area contributed by atoms with Gasteiger partial charge in [-0.2, -0.15) is 70.2 Å². The van der Waals surface area contributed by atoms with Gasteiger partial charge in [0, 0.05) is 0 Å². The van der Waals surface area contributed by atoms with Crippen LogP contribution in [0.1, 0.15) is 0 Å². The van der Waals surface area contributed by atoms with E-state index in [2.05, 4.69) is 0 Å². The number of hydrogen-bond donors (Lipinski definition) is 1. The van der Waals surface area contributed by atoms with Crippen LogP contribution in [0.25, 0.3) is 0 Å². The van der Waals surface area contributed by atoms with E-state index in [9.17, 15) is 79.4 Å². The van der Waals surface area contributed by atoms with Gasteiger partial charge in [-0.3, -0.25) is 0 Å². The molecule has 172 valence electrons. The number of carboxylic acid groups (broad SMARTS) is 1. The maximum absolute atomic E-state index is 13.1. The minimum atomic E-state index is -8.57. The zero-order chi connectivity index (χ0) is 24.2. The van der Waals surface area contributed by atoms with Gasteiger partial charge in [0.05, 0.1) is 0 Å². The zero-order valence-electron chi connectivity index (χ0n) is 12.3. The van der Waals surface area contributed by atoms with Crippen molar-refractivity contribution < 1.29 is 84.5 Å². The third kappa shape index (κ3) is 3.55. The Kier molecular flexibility index (Phi) is 6.32. The Labute approximate surface area is 145 Å². The van der Waals surface area contributed by atoms with Gasteiger partial charge in [0.15, 0.2) is 0 Å². The molecule has 29 heavy (non-hydrogen) atoms. The fourth-order valence-corrected chi connectivity index (χ4v) is 1.32. The van der Waals surface area contributed by atoms with Crippen LogP contribution in [-0.2, 0) is 4.79 Å². The lowest BCUT2D eigenvalue weighted by Gasteiger charge is -2.40. The summed E-state index contributed by atoms with van der Waals surface area (Å²) < 4.78 is 216. The molecule has 0 saturated heterocycles. The molecule has 0 atom stereocenters. The molecule has 0 rings (SSSR count). The van der Waals surface area contributed by atoms with Crippen LogP contribution in [0.3, 0.4) is 0 Å². The van der Waals surface area contributed by atoms with Gasteiger partial charge in [-0.25, -0.2) is 9.18 Å². The van der Waals surface area contributed by atoms with Crippen LogP contribution >= 0.6 is 0 Å². The Morgan fingerprint density at radius 2 is 0.759 bits per heavy atom. The standard InChI is InChI=1S/C10HF17O2/c11-1(2(12)6(17,18)19)4(13,14)7(20,21)9(24,25)10(26,27)8(22,23)5(15,16)3(28)29/h(H,28,29)/b2-1+. The van der Waals surface area contributed by atoms with Crippen LogP contribution in [0.5, 0.6) is 0 Å². The van der Waals surface area contributed by atoms with E-state index in [1.165, 1.54) is 0 Å². The normalized spacial score (nSPS) is 16.6. The van der Waals surface area contributed by atoms with Crippen molar-refractivity contribution in [3.8, 4) is 0 Å². The number of allylic oxidation sites excluding steroid dienone is 2. The third-order valence-corrected chi connectivity index (χ3v) is 2.96. The largest absolute Gasteiger partial charge is 0.477 e. The van der Waals surface area contributed by atoms with Crippen LogP contribution in [0.15, 0.2) is 11.7 Å². The fraction of sp³-hybridized carbons (Fsp3) is 0.700. The second-order valence-electron chi connectivity index (χ2n) is 4.88. The predicted molar refractivity (Wildman–Crippen MR) is 52.6 cm³/mol. The highest BCUT2D eigenvalue weighted by molar-refractivity contribution is 5.77. The fourth-order valence-electron chi connectivity index (χ4n) is 1.32. The zero-order valence-corrected chi connectivity index (χ0v) is 12.3. The molecule has 0 bridgehead atoms. The third-order valence-electron chi connectivity index (χ3n) is 2.96. The maximum atomic E-state index is 13.1. The summed E-state index contributed by atoms with van der Waals surface area (Å²) in [4.78, 5) is 9.81. The quantitative estimate of drug-likeness (QED) is 0.487. The van der Waals surface area contributed by atoms with Gasteiger partial charge in [-0.1, -0.05) is 0 Å². The van der Waals surface area contributed by atoms with Crippen molar-refractivity contribution in [2.75, 3.05) is 0 Å². The Balaban J connectivity index is 6.80. The van der Waals surface area contributed by atoms with Gasteiger partial charge >= 0.3 is 47.7 Å². The summed E-state index contributed by atoms with van der Waals surface area (Å²) in [5, 5.41) is 7.63. The summed E-state index contributed by atoms with van der Waals surface area (Å²) in [5.41, 5.74) is 0. The van der Waals surface area contributed by atoms with Crippen molar-refractivity contribution in [3.05, 3.63) is 11.7 Å². The van der Waals surface area contributed by atoms with Gasteiger partial charge in [0.1, 0.15) is 0 Å². The van der Waals surface area contributed by atoms with E-state index in [4.69, 9.17) is 5.11 Å². The number of halogens is 17. The second kappa shape index (κ2) is 6.78. The van der Waals surface area contributed by atoms with Crippen LogP contribution in [0.4, 0.5) is 74.6 Å². The van der Waals surface area contributed by atoms with Gasteiger partial charge in [0.25, 0.3) is 0 Å². The van der Waals surface area contributed by atoms with Gasteiger partial charge in [0.2, 0.25) is 11.7 Å². The molecule has 19 heteroatoms. The second-order valence-corrected chi connectivity index (χ2v) is 4.88. The van der Waals surface area contributed by atoms with E-state index in [-0.39, 0.29) is 0 Å². The summed E-state index contributed by atoms with van der Waals surface area (Å²) in [6.45, 7) is 0. The Bertz CT molecular complexity index is 685. The summed E-state index contributed by atoms with van der Waals surface area (Å²) in [5.74, 6) is -63.3. The smallest absolute Gasteiger partial charge is 0.445 e. The first-order valence-electron chi connectivity index (χ1n) is 5.89. The number of rotatable bonds is 7. The number of aliphatic carboxylic acids is 1. The lowest BCUT2D eigenvalue weighted by atomic mass is 9.90. The van der Waals surface area contributed by atoms with Crippen LogP contribution in [0.2, 0.25) is 0 Å². The molecule has 0 fully saturated rings. The molecule has 0 saturated carbocycles. The van der Waals surface area contributed by atoms with E-state index >= 15 is 0 Å². The highest BCUT2D eigenvalue weighted by atomic mass is 19.4. The van der Waals surface area contributed by atoms with E-state index in [0.29, 0.717) is 0 Å². The van der Waals surface area contributed by atoms with E-state index < -0.39 is 59.3 Å². The number of carbonyl (C=O) groups is 1. The lowest BCUT2D eigenvalue weighted by Crippen LogP contribution is -2.71. The number of alkyl halides is 15. The molecule has 0 aromatic heterocycles. The Morgan fingerprint density at radius 1 is 0.483 bits per heavy atom. The van der Waals surface area contributed by atoms with Gasteiger partial charge < -0.3 is 5.11 Å². The van der Waals surface area contributed by atoms with Gasteiger partial charge in [-0.05, 0) is 0 Å². The first-order valence-corrected chi connectivity index (χ1v) is 5.89. The van der Waals surface area contributed by atoms with E-state index in [0.717, 1.165) is 0 Å². The van der Waals surface area contributed by atoms with Crippen LogP contribution < -0.4 is 0 Å². The van der Waals surface area contributed by atoms with Crippen molar-refractivity contribution in [2.45, 2.75) is 41.7 Å². The Hall–Kier alpha value is -1.98. The number of hydrogen-bond acceptors (Lipinski definition) is 1. The summed E-state index contributed by atoms with van der Waals surface area (Å²) in [6.07, 6.45) is -6.93. The molecule has 0 aliphatic carbocycles. The maximum Gasteiger partial charge on any atom is 0.445 e. The average Bonchev–Trinajstić information content (AvgIpc) is 2.51. The van der Waals surface area contributed by atoms with E-state index in [1.54, 1.807) is 0 Å². The Morgan fingerprint density at radius 3 is 1.00 bits per heavy atom. The first kappa shape index (κ1) is 27.0. The minimum absolute atomic E-state index is 4.35. The molecule has 2 nitrogen and oxygen atoms in total. The molecular formula is C10HF17O2. The topological polar surface area (TPSA) is 37.3 Å². The minimum Gasteiger partial charge on any atom is -0.477 e. The molecule has 0 spiro atoms. The molecule has 0 unspecified atom stereocenters. The van der Waals surface area contributed by atoms with Crippen LogP contribution in [0, 0.1) is 0 Å². The van der Waals surface area contributed by atoms with E-state index in [1.807, 2.05) is 0 Å². The monoisotopic (exact) mass is 476 g/mol. The highest BCUT2D eigenvalue weighted by Crippen LogP contribution is 2.61. The molecular weight excluding hydrogens is 475 g/mol. The highest BCUT2D eigenvalue weighted by Gasteiger charge is 2.92. The molecule has 0 radical (unpaired) electrons. The molecule has 0 amide bonds. The molecule has 0 aromatic rings. The molecule has 0 aliphatic rings. The number of carboxylic acids is 1. The van der Waals surface area contributed by atoms with Crippen molar-refractivity contribution in [1.82, 2.24) is 0 Å². The van der Waals surface area contributed by atoms with Crippen molar-refractivity contribution in [3.63, 3.8) is 0 Å². The average molecular weight is 476 g/mol. The summed E-state index contributed by atoms with van der Waals surface area (Å²) in [7, 11) is 0. The first-order chi connectivity index (χ1) is 12.3. The SMILES string of the molecule is O=C(O)C(F)(F)C(F)(F)C(F)(F)C(F)(F)C(F)(F)C(F)(F)/C(F)=C(\F)C(F)(F)F. The molecule has 1 N–H and O–H groups in total. The van der Waals surface area contributed by atoms with Crippen molar-refractivity contribution in [1.29, 1.82) is 0 Å². The van der Waals surface area contributed by atoms with Crippen molar-refractivity contribution >= 4 is 5.97 Å². The summed E-state index contributed by atoms with van der Waals surface area (Å²) in [6, 6.07) is 0. The molecule has 0 aromatic carbocycles. The molecule has 0 heterocycles. The summed E-state index contributed by atoms with van der Waals surface area (Å²) >= 11 is 0. The van der Waals surface area contributed by atoms with Gasteiger partial charge in [-0.15, -0.1) is 0 Å².